The summed E-state index contributed by atoms with van der Waals surface area (Å²) in [4.78, 5) is 31.4. The number of carbonyl (C=O) groups is 2. The summed E-state index contributed by atoms with van der Waals surface area (Å²) in [5, 5.41) is 8.64. The molecule has 0 radical (unpaired) electrons. The van der Waals surface area contributed by atoms with Crippen LogP contribution in [0.25, 0.3) is 21.0 Å². The van der Waals surface area contributed by atoms with Gasteiger partial charge in [-0.1, -0.05) is 0 Å². The molecule has 1 saturated heterocycles. The molecule has 3 aromatic rings. The zero-order valence-corrected chi connectivity index (χ0v) is 16.5. The minimum Gasteiger partial charge on any atom is -0.381 e. The molecule has 5 rings (SSSR count). The number of anilines is 2. The van der Waals surface area contributed by atoms with Gasteiger partial charge in [0.05, 0.1) is 11.2 Å². The van der Waals surface area contributed by atoms with Crippen molar-refractivity contribution in [3.63, 3.8) is 0 Å². The highest BCUT2D eigenvalue weighted by molar-refractivity contribution is 7.21. The lowest BCUT2D eigenvalue weighted by molar-refractivity contribution is -0.111. The molecular weight excluding hydrogens is 372 g/mol. The van der Waals surface area contributed by atoms with Gasteiger partial charge in [-0.2, -0.15) is 0 Å². The smallest absolute Gasteiger partial charge is 0.263 e. The number of hydrogen-bond donors (Lipinski definition) is 2. The van der Waals surface area contributed by atoms with E-state index in [4.69, 9.17) is 4.98 Å². The Morgan fingerprint density at radius 3 is 2.82 bits per heavy atom. The van der Waals surface area contributed by atoms with Gasteiger partial charge in [0.25, 0.3) is 5.91 Å². The number of thiophene rings is 1. The lowest BCUT2D eigenvalue weighted by atomic mass is 9.98. The zero-order valence-electron chi connectivity index (χ0n) is 15.7. The van der Waals surface area contributed by atoms with Crippen molar-refractivity contribution in [2.45, 2.75) is 25.8 Å². The number of aldehydes is 1. The first kappa shape index (κ1) is 17.4. The minimum absolute atomic E-state index is 0.00974. The maximum Gasteiger partial charge on any atom is 0.263 e. The summed E-state index contributed by atoms with van der Waals surface area (Å²) in [5.41, 5.74) is 1.86. The number of fused-ring (bicyclic) bond motifs is 5. The van der Waals surface area contributed by atoms with Crippen molar-refractivity contribution in [2.75, 3.05) is 29.9 Å². The first-order valence-electron chi connectivity index (χ1n) is 9.75. The standard InChI is InChI=1S/C21H22N4O2S/c1-12-10-22-19-18-14-2-5-17(25-8-6-13(11-26)7-9-25)24-15(14)3-4-16(18)28-20(19)21(27)23-12/h2-5,11-13,22H,6-10H2,1H3,(H,23,27). The van der Waals surface area contributed by atoms with Gasteiger partial charge < -0.3 is 20.3 Å². The third kappa shape index (κ3) is 2.81. The molecule has 0 spiro atoms. The van der Waals surface area contributed by atoms with Gasteiger partial charge in [0.1, 0.15) is 17.0 Å². The summed E-state index contributed by atoms with van der Waals surface area (Å²) in [7, 11) is 0. The van der Waals surface area contributed by atoms with Gasteiger partial charge in [-0.05, 0) is 44.0 Å². The van der Waals surface area contributed by atoms with E-state index >= 15 is 0 Å². The number of pyridine rings is 1. The molecule has 4 heterocycles. The van der Waals surface area contributed by atoms with E-state index in [0.29, 0.717) is 6.54 Å². The van der Waals surface area contributed by atoms with E-state index in [1.165, 1.54) is 11.3 Å². The third-order valence-electron chi connectivity index (χ3n) is 5.73. The van der Waals surface area contributed by atoms with E-state index in [9.17, 15) is 9.59 Å². The molecule has 1 amide bonds. The van der Waals surface area contributed by atoms with Crippen LogP contribution in [0.2, 0.25) is 0 Å². The normalized spacial score (nSPS) is 20.5. The molecule has 28 heavy (non-hydrogen) atoms. The maximum absolute atomic E-state index is 12.5. The summed E-state index contributed by atoms with van der Waals surface area (Å²) in [5.74, 6) is 1.12. The molecular formula is C21H22N4O2S. The minimum atomic E-state index is -0.00974. The average Bonchev–Trinajstić information content (AvgIpc) is 3.04. The molecule has 0 saturated carbocycles. The van der Waals surface area contributed by atoms with Gasteiger partial charge in [-0.15, -0.1) is 11.3 Å². The molecule has 144 valence electrons. The Balaban J connectivity index is 1.58. The van der Waals surface area contributed by atoms with Crippen LogP contribution in [-0.2, 0) is 4.79 Å². The van der Waals surface area contributed by atoms with E-state index in [2.05, 4.69) is 33.7 Å². The monoisotopic (exact) mass is 394 g/mol. The highest BCUT2D eigenvalue weighted by Gasteiger charge is 2.25. The molecule has 0 aliphatic carbocycles. The first-order valence-corrected chi connectivity index (χ1v) is 10.6. The van der Waals surface area contributed by atoms with Gasteiger partial charge in [0.15, 0.2) is 0 Å². The van der Waals surface area contributed by atoms with Crippen LogP contribution < -0.4 is 15.5 Å². The lowest BCUT2D eigenvalue weighted by Gasteiger charge is -2.30. The number of rotatable bonds is 2. The Bertz CT molecular complexity index is 1080. The Morgan fingerprint density at radius 1 is 1.21 bits per heavy atom. The Morgan fingerprint density at radius 2 is 2.04 bits per heavy atom. The van der Waals surface area contributed by atoms with Crippen LogP contribution in [0.5, 0.6) is 0 Å². The van der Waals surface area contributed by atoms with Crippen LogP contribution in [0, 0.1) is 5.92 Å². The van der Waals surface area contributed by atoms with Crippen LogP contribution in [0.1, 0.15) is 29.4 Å². The van der Waals surface area contributed by atoms with Crippen molar-refractivity contribution in [1.82, 2.24) is 10.3 Å². The first-order chi connectivity index (χ1) is 13.6. The van der Waals surface area contributed by atoms with Crippen LogP contribution in [0.3, 0.4) is 0 Å². The number of nitrogens with one attached hydrogen (secondary N) is 2. The van der Waals surface area contributed by atoms with Crippen LogP contribution >= 0.6 is 11.3 Å². The van der Waals surface area contributed by atoms with Crippen molar-refractivity contribution in [1.29, 1.82) is 0 Å². The van der Waals surface area contributed by atoms with Gasteiger partial charge >= 0.3 is 0 Å². The second-order valence-electron chi connectivity index (χ2n) is 7.70. The second kappa shape index (κ2) is 6.74. The molecule has 2 N–H and O–H groups in total. The number of hydrogen-bond acceptors (Lipinski definition) is 6. The predicted molar refractivity (Wildman–Crippen MR) is 114 cm³/mol. The fourth-order valence-electron chi connectivity index (χ4n) is 4.16. The van der Waals surface area contributed by atoms with Gasteiger partial charge in [-0.3, -0.25) is 4.79 Å². The van der Waals surface area contributed by atoms with E-state index in [1.54, 1.807) is 0 Å². The zero-order chi connectivity index (χ0) is 19.3. The molecule has 7 heteroatoms. The van der Waals surface area contributed by atoms with Crippen molar-refractivity contribution in [2.24, 2.45) is 5.92 Å². The predicted octanol–water partition coefficient (Wildman–Crippen LogP) is 3.41. The maximum atomic E-state index is 12.5. The Kier molecular flexibility index (Phi) is 4.19. The topological polar surface area (TPSA) is 74.3 Å². The fourth-order valence-corrected chi connectivity index (χ4v) is 5.25. The van der Waals surface area contributed by atoms with Crippen molar-refractivity contribution < 1.29 is 9.59 Å². The van der Waals surface area contributed by atoms with E-state index < -0.39 is 0 Å². The van der Waals surface area contributed by atoms with Crippen molar-refractivity contribution in [3.05, 3.63) is 29.1 Å². The summed E-state index contributed by atoms with van der Waals surface area (Å²) < 4.78 is 1.09. The highest BCUT2D eigenvalue weighted by atomic mass is 32.1. The van der Waals surface area contributed by atoms with E-state index in [1.807, 2.05) is 13.0 Å². The lowest BCUT2D eigenvalue weighted by Crippen LogP contribution is -2.34. The fraction of sp³-hybridized carbons (Fsp3) is 0.381. The number of benzene rings is 1. The van der Waals surface area contributed by atoms with Gasteiger partial charge in [0.2, 0.25) is 0 Å². The number of carbonyl (C=O) groups excluding carboxylic acids is 2. The number of nitrogens with zero attached hydrogens (tertiary/aromatic N) is 2. The SMILES string of the molecule is CC1CNc2c(sc3ccc4nc(N5CCC(C=O)CC5)ccc4c23)C(=O)N1. The molecule has 1 unspecified atom stereocenters. The molecule has 1 atom stereocenters. The van der Waals surface area contributed by atoms with Gasteiger partial charge in [-0.25, -0.2) is 4.98 Å². The molecule has 2 aromatic heterocycles. The van der Waals surface area contributed by atoms with Crippen molar-refractivity contribution in [3.8, 4) is 0 Å². The molecule has 1 fully saturated rings. The molecule has 6 nitrogen and oxygen atoms in total. The molecule has 1 aromatic carbocycles. The number of amides is 1. The van der Waals surface area contributed by atoms with Gasteiger partial charge in [0, 0.05) is 47.1 Å². The van der Waals surface area contributed by atoms with E-state index in [0.717, 1.165) is 69.6 Å². The summed E-state index contributed by atoms with van der Waals surface area (Å²) in [6.07, 6.45) is 2.85. The number of aromatic nitrogens is 1. The summed E-state index contributed by atoms with van der Waals surface area (Å²) in [6.45, 7) is 4.43. The summed E-state index contributed by atoms with van der Waals surface area (Å²) in [6, 6.07) is 8.37. The Hall–Kier alpha value is -2.67. The largest absolute Gasteiger partial charge is 0.381 e. The van der Waals surface area contributed by atoms with Crippen LogP contribution in [0.15, 0.2) is 24.3 Å². The second-order valence-corrected chi connectivity index (χ2v) is 8.75. The van der Waals surface area contributed by atoms with Crippen molar-refractivity contribution >= 4 is 56.0 Å². The van der Waals surface area contributed by atoms with E-state index in [-0.39, 0.29) is 17.9 Å². The van der Waals surface area contributed by atoms with Crippen LogP contribution in [0.4, 0.5) is 11.5 Å². The number of piperidine rings is 1. The molecule has 2 aliphatic heterocycles. The Labute approximate surface area is 166 Å². The highest BCUT2D eigenvalue weighted by Crippen LogP contribution is 2.41. The summed E-state index contributed by atoms with van der Waals surface area (Å²) >= 11 is 1.53. The molecule has 2 aliphatic rings. The quantitative estimate of drug-likeness (QED) is 0.652. The molecule has 0 bridgehead atoms. The third-order valence-corrected chi connectivity index (χ3v) is 6.89. The van der Waals surface area contributed by atoms with Crippen LogP contribution in [-0.4, -0.2) is 42.9 Å². The average molecular weight is 395 g/mol.